The Morgan fingerprint density at radius 3 is 2.76 bits per heavy atom. The fourth-order valence-corrected chi connectivity index (χ4v) is 4.05. The molecule has 17 heavy (non-hydrogen) atoms. The SMILES string of the molecule is CC1CCCN(C(=O)NC2CC3CCC2C3)C1. The smallest absolute Gasteiger partial charge is 0.317 e. The van der Waals surface area contributed by atoms with Crippen LogP contribution >= 0.6 is 0 Å². The Kier molecular flexibility index (Phi) is 3.01. The molecule has 2 saturated carbocycles. The van der Waals surface area contributed by atoms with Gasteiger partial charge in [-0.2, -0.15) is 0 Å². The summed E-state index contributed by atoms with van der Waals surface area (Å²) in [5.74, 6) is 2.37. The lowest BCUT2D eigenvalue weighted by Gasteiger charge is -2.33. The molecule has 2 aliphatic carbocycles. The minimum Gasteiger partial charge on any atom is -0.335 e. The summed E-state index contributed by atoms with van der Waals surface area (Å²) in [6, 6.07) is 0.688. The molecular formula is C14H24N2O. The zero-order chi connectivity index (χ0) is 11.8. The molecule has 0 spiro atoms. The lowest BCUT2D eigenvalue weighted by atomic mass is 9.95. The number of fused-ring (bicyclic) bond motifs is 2. The van der Waals surface area contributed by atoms with E-state index in [4.69, 9.17) is 0 Å². The zero-order valence-corrected chi connectivity index (χ0v) is 10.8. The third-order valence-corrected chi connectivity index (χ3v) is 4.99. The first kappa shape index (κ1) is 11.4. The number of nitrogens with one attached hydrogen (secondary N) is 1. The predicted octanol–water partition coefficient (Wildman–Crippen LogP) is 2.62. The molecule has 3 fully saturated rings. The highest BCUT2D eigenvalue weighted by atomic mass is 16.2. The van der Waals surface area contributed by atoms with Crippen molar-refractivity contribution in [2.45, 2.75) is 51.5 Å². The molecule has 3 nitrogen and oxygen atoms in total. The van der Waals surface area contributed by atoms with Crippen molar-refractivity contribution in [3.63, 3.8) is 0 Å². The molecule has 4 atom stereocenters. The van der Waals surface area contributed by atoms with E-state index in [9.17, 15) is 4.79 Å². The third kappa shape index (κ3) is 2.29. The summed E-state index contributed by atoms with van der Waals surface area (Å²) in [4.78, 5) is 14.2. The lowest BCUT2D eigenvalue weighted by Crippen LogP contribution is -2.49. The van der Waals surface area contributed by atoms with Crippen molar-refractivity contribution < 1.29 is 4.79 Å². The summed E-state index contributed by atoms with van der Waals surface area (Å²) in [6.07, 6.45) is 7.79. The van der Waals surface area contributed by atoms with Crippen LogP contribution in [0.25, 0.3) is 0 Å². The standard InChI is InChI=1S/C14H24N2O/c1-10-3-2-6-16(9-10)14(17)15-13-8-11-4-5-12(13)7-11/h10-13H,2-9H2,1H3,(H,15,17). The van der Waals surface area contributed by atoms with E-state index in [1.807, 2.05) is 4.90 Å². The van der Waals surface area contributed by atoms with Gasteiger partial charge in [-0.3, -0.25) is 0 Å². The Morgan fingerprint density at radius 2 is 2.12 bits per heavy atom. The molecule has 1 aliphatic heterocycles. The Balaban J connectivity index is 1.53. The molecule has 0 aromatic rings. The molecule has 3 rings (SSSR count). The molecule has 1 heterocycles. The highest BCUT2D eigenvalue weighted by molar-refractivity contribution is 5.74. The van der Waals surface area contributed by atoms with Gasteiger partial charge in [0.15, 0.2) is 0 Å². The van der Waals surface area contributed by atoms with Gasteiger partial charge >= 0.3 is 6.03 Å². The number of hydrogen-bond donors (Lipinski definition) is 1. The van der Waals surface area contributed by atoms with E-state index in [-0.39, 0.29) is 6.03 Å². The van der Waals surface area contributed by atoms with Gasteiger partial charge < -0.3 is 10.2 Å². The number of urea groups is 1. The first-order chi connectivity index (χ1) is 8.22. The van der Waals surface area contributed by atoms with Crippen LogP contribution in [0.4, 0.5) is 4.79 Å². The second-order valence-electron chi connectivity index (χ2n) is 6.42. The van der Waals surface area contributed by atoms with Crippen molar-refractivity contribution in [3.05, 3.63) is 0 Å². The molecule has 0 aromatic carbocycles. The van der Waals surface area contributed by atoms with E-state index < -0.39 is 0 Å². The number of amides is 2. The Bertz CT molecular complexity index is 305. The number of likely N-dealkylation sites (tertiary alicyclic amines) is 1. The maximum Gasteiger partial charge on any atom is 0.317 e. The summed E-state index contributed by atoms with van der Waals surface area (Å²) < 4.78 is 0. The highest BCUT2D eigenvalue weighted by Gasteiger charge is 2.40. The van der Waals surface area contributed by atoms with E-state index in [1.165, 1.54) is 38.5 Å². The van der Waals surface area contributed by atoms with Crippen LogP contribution < -0.4 is 5.32 Å². The van der Waals surface area contributed by atoms with Crippen LogP contribution in [0.2, 0.25) is 0 Å². The van der Waals surface area contributed by atoms with E-state index >= 15 is 0 Å². The fourth-order valence-electron chi connectivity index (χ4n) is 4.05. The topological polar surface area (TPSA) is 32.3 Å². The number of nitrogens with zero attached hydrogens (tertiary/aromatic N) is 1. The van der Waals surface area contributed by atoms with Gasteiger partial charge in [0.25, 0.3) is 0 Å². The fraction of sp³-hybridized carbons (Fsp3) is 0.929. The Labute approximate surface area is 104 Å². The van der Waals surface area contributed by atoms with Gasteiger partial charge in [-0.25, -0.2) is 4.79 Å². The van der Waals surface area contributed by atoms with Crippen molar-refractivity contribution in [1.29, 1.82) is 0 Å². The molecule has 0 radical (unpaired) electrons. The first-order valence-electron chi connectivity index (χ1n) is 7.28. The number of hydrogen-bond acceptors (Lipinski definition) is 1. The number of carbonyl (C=O) groups is 1. The van der Waals surface area contributed by atoms with Crippen molar-refractivity contribution >= 4 is 6.03 Å². The van der Waals surface area contributed by atoms with Crippen LogP contribution in [0.3, 0.4) is 0 Å². The van der Waals surface area contributed by atoms with Gasteiger partial charge in [-0.15, -0.1) is 0 Å². The van der Waals surface area contributed by atoms with Crippen molar-refractivity contribution in [3.8, 4) is 0 Å². The average molecular weight is 236 g/mol. The number of rotatable bonds is 1. The predicted molar refractivity (Wildman–Crippen MR) is 67.7 cm³/mol. The van der Waals surface area contributed by atoms with Crippen LogP contribution in [0, 0.1) is 17.8 Å². The first-order valence-corrected chi connectivity index (χ1v) is 7.28. The second-order valence-corrected chi connectivity index (χ2v) is 6.42. The minimum atomic E-state index is 0.203. The Morgan fingerprint density at radius 1 is 1.24 bits per heavy atom. The van der Waals surface area contributed by atoms with Crippen LogP contribution in [-0.2, 0) is 0 Å². The molecule has 3 heteroatoms. The molecule has 2 amide bonds. The van der Waals surface area contributed by atoms with Gasteiger partial charge in [0, 0.05) is 19.1 Å². The largest absolute Gasteiger partial charge is 0.335 e. The molecule has 1 N–H and O–H groups in total. The maximum absolute atomic E-state index is 12.2. The van der Waals surface area contributed by atoms with Gasteiger partial charge in [0.1, 0.15) is 0 Å². The number of carbonyl (C=O) groups excluding carboxylic acids is 1. The van der Waals surface area contributed by atoms with Gasteiger partial charge in [0.2, 0.25) is 0 Å². The summed E-state index contributed by atoms with van der Waals surface area (Å²) in [7, 11) is 0. The summed E-state index contributed by atoms with van der Waals surface area (Å²) in [5.41, 5.74) is 0. The molecular weight excluding hydrogens is 212 g/mol. The molecule has 2 bridgehead atoms. The summed E-state index contributed by atoms with van der Waals surface area (Å²) >= 11 is 0. The van der Waals surface area contributed by atoms with Crippen molar-refractivity contribution in [2.75, 3.05) is 13.1 Å². The van der Waals surface area contributed by atoms with Crippen LogP contribution in [0.5, 0.6) is 0 Å². The van der Waals surface area contributed by atoms with Crippen molar-refractivity contribution in [2.24, 2.45) is 17.8 Å². The molecule has 3 aliphatic rings. The zero-order valence-electron chi connectivity index (χ0n) is 10.8. The van der Waals surface area contributed by atoms with Crippen LogP contribution in [0.15, 0.2) is 0 Å². The van der Waals surface area contributed by atoms with Crippen molar-refractivity contribution in [1.82, 2.24) is 10.2 Å². The Hall–Kier alpha value is -0.730. The van der Waals surface area contributed by atoms with E-state index in [1.54, 1.807) is 0 Å². The quantitative estimate of drug-likeness (QED) is 0.745. The average Bonchev–Trinajstić information content (AvgIpc) is 2.91. The molecule has 4 unspecified atom stereocenters. The van der Waals surface area contributed by atoms with E-state index in [2.05, 4.69) is 12.2 Å². The summed E-state index contributed by atoms with van der Waals surface area (Å²) in [6.45, 7) is 4.15. The van der Waals surface area contributed by atoms with Gasteiger partial charge in [-0.1, -0.05) is 13.3 Å². The van der Waals surface area contributed by atoms with E-state index in [0.29, 0.717) is 12.0 Å². The minimum absolute atomic E-state index is 0.203. The maximum atomic E-state index is 12.2. The lowest BCUT2D eigenvalue weighted by molar-refractivity contribution is 0.162. The van der Waals surface area contributed by atoms with Gasteiger partial charge in [0.05, 0.1) is 0 Å². The molecule has 96 valence electrons. The second kappa shape index (κ2) is 4.51. The normalized spacial score (nSPS) is 40.6. The summed E-state index contributed by atoms with van der Waals surface area (Å²) in [5, 5.41) is 3.29. The van der Waals surface area contributed by atoms with Crippen LogP contribution in [-0.4, -0.2) is 30.1 Å². The molecule has 0 aromatic heterocycles. The number of piperidine rings is 1. The third-order valence-electron chi connectivity index (χ3n) is 4.99. The van der Waals surface area contributed by atoms with E-state index in [0.717, 1.165) is 24.9 Å². The van der Waals surface area contributed by atoms with Gasteiger partial charge in [-0.05, 0) is 49.9 Å². The monoisotopic (exact) mass is 236 g/mol. The van der Waals surface area contributed by atoms with Crippen LogP contribution in [0.1, 0.15) is 45.4 Å². The highest BCUT2D eigenvalue weighted by Crippen LogP contribution is 2.44. The molecule has 1 saturated heterocycles.